The second-order valence-corrected chi connectivity index (χ2v) is 8.89. The monoisotopic (exact) mass is 508 g/mol. The Morgan fingerprint density at radius 2 is 1.83 bits per heavy atom. The van der Waals surface area contributed by atoms with Crippen molar-refractivity contribution in [2.75, 3.05) is 12.0 Å². The number of methoxy groups -OCH3 is 1. The molecule has 0 radical (unpaired) electrons. The topological polar surface area (TPSA) is 92.9 Å². The summed E-state index contributed by atoms with van der Waals surface area (Å²) in [5.74, 6) is -1.75. The number of fused-ring (bicyclic) bond motifs is 1. The third kappa shape index (κ3) is 3.83. The predicted molar refractivity (Wildman–Crippen MR) is 132 cm³/mol. The largest absolute Gasteiger partial charge is 0.503 e. The van der Waals surface area contributed by atoms with Crippen LogP contribution in [0, 0.1) is 6.92 Å². The number of ketones is 1. The maximum atomic E-state index is 13.8. The molecule has 0 aliphatic carbocycles. The average Bonchev–Trinajstić information content (AvgIpc) is 3.39. The minimum absolute atomic E-state index is 0.0707. The minimum Gasteiger partial charge on any atom is -0.503 e. The lowest BCUT2D eigenvalue weighted by molar-refractivity contribution is -0.117. The van der Waals surface area contributed by atoms with Crippen molar-refractivity contribution < 1.29 is 23.8 Å². The molecule has 1 aliphatic rings. The molecule has 0 spiro atoms. The van der Waals surface area contributed by atoms with E-state index in [1.54, 1.807) is 54.9 Å². The van der Waals surface area contributed by atoms with Crippen LogP contribution in [0.25, 0.3) is 11.0 Å². The molecule has 1 aliphatic heterocycles. The fourth-order valence-corrected chi connectivity index (χ4v) is 4.65. The summed E-state index contributed by atoms with van der Waals surface area (Å²) in [5.41, 5.74) is 2.00. The average molecular weight is 509 g/mol. The highest BCUT2D eigenvalue weighted by Gasteiger charge is 2.46. The van der Waals surface area contributed by atoms with Gasteiger partial charge in [-0.25, -0.2) is 0 Å². The molecule has 0 saturated carbocycles. The number of furan rings is 1. The summed E-state index contributed by atoms with van der Waals surface area (Å²) in [6, 6.07) is 12.2. The number of carbonyl (C=O) groups is 2. The van der Waals surface area contributed by atoms with E-state index in [4.69, 9.17) is 32.4 Å². The number of aromatic nitrogens is 1. The minimum atomic E-state index is -0.936. The summed E-state index contributed by atoms with van der Waals surface area (Å²) in [6.45, 7) is 1.81. The number of aliphatic hydroxyl groups excluding tert-OH is 1. The summed E-state index contributed by atoms with van der Waals surface area (Å²) in [6.07, 6.45) is 3.10. The summed E-state index contributed by atoms with van der Waals surface area (Å²) in [4.78, 5) is 32.5. The number of aliphatic hydroxyl groups is 1. The third-order valence-corrected chi connectivity index (χ3v) is 6.35. The number of carbonyl (C=O) groups excluding carboxylic acids is 2. The van der Waals surface area contributed by atoms with Crippen LogP contribution in [-0.2, 0) is 4.79 Å². The highest BCUT2D eigenvalue weighted by Crippen LogP contribution is 2.44. The van der Waals surface area contributed by atoms with Gasteiger partial charge in [-0.3, -0.25) is 19.5 Å². The first-order valence-electron chi connectivity index (χ1n) is 10.5. The zero-order valence-electron chi connectivity index (χ0n) is 18.6. The lowest BCUT2D eigenvalue weighted by Crippen LogP contribution is -2.31. The van der Waals surface area contributed by atoms with E-state index in [-0.39, 0.29) is 11.3 Å². The van der Waals surface area contributed by atoms with Crippen LogP contribution in [0.15, 0.2) is 76.7 Å². The quantitative estimate of drug-likeness (QED) is 0.321. The number of benzene rings is 2. The van der Waals surface area contributed by atoms with Crippen LogP contribution in [0.3, 0.4) is 0 Å². The fraction of sp³-hybridized carbons (Fsp3) is 0.115. The van der Waals surface area contributed by atoms with E-state index in [9.17, 15) is 14.7 Å². The smallest absolute Gasteiger partial charge is 0.294 e. The van der Waals surface area contributed by atoms with E-state index in [1.807, 2.05) is 6.92 Å². The third-order valence-electron chi connectivity index (χ3n) is 5.90. The Balaban J connectivity index is 1.68. The van der Waals surface area contributed by atoms with Crippen LogP contribution in [0.1, 0.15) is 27.7 Å². The molecule has 2 aromatic carbocycles. The number of pyridine rings is 1. The Hall–Kier alpha value is -3.81. The number of Topliss-reactive ketones (excluding diaryl/α,β-unsaturated/α-hetero) is 1. The van der Waals surface area contributed by atoms with Crippen molar-refractivity contribution in [1.82, 2.24) is 4.98 Å². The van der Waals surface area contributed by atoms with E-state index in [0.29, 0.717) is 38.0 Å². The van der Waals surface area contributed by atoms with E-state index < -0.39 is 23.5 Å². The molecule has 9 heteroatoms. The van der Waals surface area contributed by atoms with Crippen molar-refractivity contribution in [1.29, 1.82) is 0 Å². The Morgan fingerprint density at radius 1 is 1.09 bits per heavy atom. The standard InChI is InChI=1S/C26H18Cl2N2O5/c1-13-3-4-16(27)11-18(13)30-22(14-5-7-29-8-6-14)21(24(32)26(30)33)23(31)19-10-15-9-17(28)12-20(34-2)25(15)35-19/h3-12,22,32H,1-2H3. The zero-order valence-corrected chi connectivity index (χ0v) is 20.1. The van der Waals surface area contributed by atoms with Crippen molar-refractivity contribution in [2.24, 2.45) is 0 Å². The molecular weight excluding hydrogens is 491 g/mol. The lowest BCUT2D eigenvalue weighted by Gasteiger charge is -2.28. The summed E-state index contributed by atoms with van der Waals surface area (Å²) >= 11 is 12.4. The van der Waals surface area contributed by atoms with Gasteiger partial charge >= 0.3 is 0 Å². The number of halogens is 2. The second-order valence-electron chi connectivity index (χ2n) is 8.02. The van der Waals surface area contributed by atoms with Gasteiger partial charge in [0.2, 0.25) is 5.78 Å². The lowest BCUT2D eigenvalue weighted by atomic mass is 9.95. The first-order valence-corrected chi connectivity index (χ1v) is 11.3. The molecule has 1 unspecified atom stereocenters. The first kappa shape index (κ1) is 23.0. The van der Waals surface area contributed by atoms with Crippen LogP contribution in [-0.4, -0.2) is 28.9 Å². The SMILES string of the molecule is COc1cc(Cl)cc2cc(C(=O)C3=C(O)C(=O)N(c4cc(Cl)ccc4C)C3c3ccncc3)oc12. The number of hydrogen-bond donors (Lipinski definition) is 1. The van der Waals surface area contributed by atoms with Gasteiger partial charge in [0.15, 0.2) is 22.9 Å². The van der Waals surface area contributed by atoms with Crippen molar-refractivity contribution in [3.8, 4) is 5.75 Å². The summed E-state index contributed by atoms with van der Waals surface area (Å²) in [7, 11) is 1.46. The second kappa shape index (κ2) is 8.76. The molecule has 1 amide bonds. The van der Waals surface area contributed by atoms with E-state index >= 15 is 0 Å². The Labute approximate surface area is 210 Å². The Morgan fingerprint density at radius 3 is 2.54 bits per heavy atom. The molecule has 0 saturated heterocycles. The molecule has 2 aromatic heterocycles. The van der Waals surface area contributed by atoms with Gasteiger partial charge in [-0.15, -0.1) is 0 Å². The number of aryl methyl sites for hydroxylation is 1. The van der Waals surface area contributed by atoms with Crippen molar-refractivity contribution in [2.45, 2.75) is 13.0 Å². The molecule has 176 valence electrons. The van der Waals surface area contributed by atoms with Crippen LogP contribution in [0.4, 0.5) is 5.69 Å². The molecule has 5 rings (SSSR count). The van der Waals surface area contributed by atoms with Gasteiger partial charge < -0.3 is 14.3 Å². The maximum Gasteiger partial charge on any atom is 0.294 e. The number of amides is 1. The highest BCUT2D eigenvalue weighted by molar-refractivity contribution is 6.32. The van der Waals surface area contributed by atoms with Crippen LogP contribution in [0.2, 0.25) is 10.0 Å². The van der Waals surface area contributed by atoms with Crippen LogP contribution in [0.5, 0.6) is 5.75 Å². The van der Waals surface area contributed by atoms with Gasteiger partial charge in [0.05, 0.1) is 18.7 Å². The molecule has 35 heavy (non-hydrogen) atoms. The summed E-state index contributed by atoms with van der Waals surface area (Å²) in [5, 5.41) is 12.3. The van der Waals surface area contributed by atoms with Gasteiger partial charge in [-0.05, 0) is 54.4 Å². The van der Waals surface area contributed by atoms with E-state index in [0.717, 1.165) is 5.56 Å². The van der Waals surface area contributed by atoms with E-state index in [1.165, 1.54) is 18.1 Å². The van der Waals surface area contributed by atoms with Gasteiger partial charge in [0.1, 0.15) is 0 Å². The van der Waals surface area contributed by atoms with Gasteiger partial charge in [0, 0.05) is 39.6 Å². The first-order chi connectivity index (χ1) is 16.8. The number of nitrogens with zero attached hydrogens (tertiary/aromatic N) is 2. The predicted octanol–water partition coefficient (Wildman–Crippen LogP) is 6.23. The molecular formula is C26H18Cl2N2O5. The molecule has 3 heterocycles. The van der Waals surface area contributed by atoms with Crippen LogP contribution >= 0.6 is 23.2 Å². The van der Waals surface area contributed by atoms with Gasteiger partial charge in [-0.1, -0.05) is 29.3 Å². The Bertz CT molecular complexity index is 1530. The number of ether oxygens (including phenoxy) is 1. The molecule has 1 atom stereocenters. The fourth-order valence-electron chi connectivity index (χ4n) is 4.27. The van der Waals surface area contributed by atoms with Crippen molar-refractivity contribution in [3.63, 3.8) is 0 Å². The molecule has 7 nitrogen and oxygen atoms in total. The molecule has 1 N–H and O–H groups in total. The van der Waals surface area contributed by atoms with Crippen LogP contribution < -0.4 is 9.64 Å². The molecule has 4 aromatic rings. The molecule has 0 bridgehead atoms. The Kier molecular flexibility index (Phi) is 5.75. The van der Waals surface area contributed by atoms with E-state index in [2.05, 4.69) is 4.98 Å². The zero-order chi connectivity index (χ0) is 24.9. The normalized spacial score (nSPS) is 15.8. The van der Waals surface area contributed by atoms with Crippen molar-refractivity contribution in [3.05, 3.63) is 99.2 Å². The maximum absolute atomic E-state index is 13.8. The highest BCUT2D eigenvalue weighted by atomic mass is 35.5. The molecule has 0 fully saturated rings. The number of hydrogen-bond acceptors (Lipinski definition) is 6. The van der Waals surface area contributed by atoms with Gasteiger partial charge in [0.25, 0.3) is 5.91 Å². The van der Waals surface area contributed by atoms with Crippen molar-refractivity contribution >= 4 is 51.5 Å². The number of rotatable bonds is 5. The summed E-state index contributed by atoms with van der Waals surface area (Å²) < 4.78 is 11.2. The van der Waals surface area contributed by atoms with Gasteiger partial charge in [-0.2, -0.15) is 0 Å². The number of anilines is 1.